The van der Waals surface area contributed by atoms with Gasteiger partial charge in [-0.1, -0.05) is 11.6 Å². The summed E-state index contributed by atoms with van der Waals surface area (Å²) in [5, 5.41) is 2.93. The predicted octanol–water partition coefficient (Wildman–Crippen LogP) is 3.94. The lowest BCUT2D eigenvalue weighted by atomic mass is 10.1. The van der Waals surface area contributed by atoms with E-state index in [9.17, 15) is 4.79 Å². The molecule has 1 aromatic rings. The summed E-state index contributed by atoms with van der Waals surface area (Å²) in [4.78, 5) is 13.0. The van der Waals surface area contributed by atoms with Crippen molar-refractivity contribution in [3.05, 3.63) is 21.3 Å². The van der Waals surface area contributed by atoms with Crippen LogP contribution in [0.4, 0.5) is 0 Å². The van der Waals surface area contributed by atoms with Gasteiger partial charge < -0.3 is 5.32 Å². The Labute approximate surface area is 116 Å². The maximum Gasteiger partial charge on any atom is 0.233 e. The molecular formula is C12H18ClNOS2. The Bertz CT molecular complexity index is 384. The standard InChI is InChI=1S/C12H18ClNOS2/c1-8(11(15)14-12(2,3)4)16-7-9-5-6-10(13)17-9/h5-6,8H,7H2,1-4H3,(H,14,15). The number of carbonyl (C=O) groups excluding carboxylic acids is 1. The van der Waals surface area contributed by atoms with Crippen LogP contribution in [0, 0.1) is 0 Å². The van der Waals surface area contributed by atoms with Crippen molar-refractivity contribution < 1.29 is 4.79 Å². The van der Waals surface area contributed by atoms with E-state index < -0.39 is 0 Å². The molecule has 0 radical (unpaired) electrons. The molecule has 17 heavy (non-hydrogen) atoms. The average molecular weight is 292 g/mol. The molecule has 0 bridgehead atoms. The molecule has 0 saturated heterocycles. The van der Waals surface area contributed by atoms with Crippen LogP contribution in [-0.2, 0) is 10.5 Å². The van der Waals surface area contributed by atoms with Gasteiger partial charge in [0, 0.05) is 16.2 Å². The lowest BCUT2D eigenvalue weighted by Crippen LogP contribution is -2.44. The van der Waals surface area contributed by atoms with Crippen LogP contribution in [0.1, 0.15) is 32.6 Å². The van der Waals surface area contributed by atoms with Gasteiger partial charge in [-0.2, -0.15) is 0 Å². The third-order valence-electron chi connectivity index (χ3n) is 1.97. The number of halogens is 1. The van der Waals surface area contributed by atoms with Gasteiger partial charge in [0.1, 0.15) is 0 Å². The number of hydrogen-bond acceptors (Lipinski definition) is 3. The van der Waals surface area contributed by atoms with Gasteiger partial charge in [-0.15, -0.1) is 23.1 Å². The fourth-order valence-electron chi connectivity index (χ4n) is 1.18. The van der Waals surface area contributed by atoms with Crippen LogP contribution in [0.2, 0.25) is 4.34 Å². The third-order valence-corrected chi connectivity index (χ3v) is 4.58. The highest BCUT2D eigenvalue weighted by atomic mass is 35.5. The van der Waals surface area contributed by atoms with Gasteiger partial charge in [0.05, 0.1) is 9.59 Å². The van der Waals surface area contributed by atoms with Crippen LogP contribution >= 0.6 is 34.7 Å². The Morgan fingerprint density at radius 2 is 2.18 bits per heavy atom. The van der Waals surface area contributed by atoms with Crippen molar-refractivity contribution in [3.63, 3.8) is 0 Å². The molecule has 1 aromatic heterocycles. The number of thiophene rings is 1. The summed E-state index contributed by atoms with van der Waals surface area (Å²) in [5.74, 6) is 0.918. The molecule has 1 atom stereocenters. The molecule has 1 unspecified atom stereocenters. The molecule has 1 amide bonds. The first-order valence-electron chi connectivity index (χ1n) is 5.46. The molecule has 0 aliphatic rings. The van der Waals surface area contributed by atoms with Crippen molar-refractivity contribution in [2.45, 2.75) is 44.2 Å². The molecule has 96 valence electrons. The summed E-state index contributed by atoms with van der Waals surface area (Å²) in [7, 11) is 0. The topological polar surface area (TPSA) is 29.1 Å². The quantitative estimate of drug-likeness (QED) is 0.910. The monoisotopic (exact) mass is 291 g/mol. The molecule has 1 N–H and O–H groups in total. The third kappa shape index (κ3) is 5.80. The highest BCUT2D eigenvalue weighted by Gasteiger charge is 2.19. The fourth-order valence-corrected chi connectivity index (χ4v) is 3.23. The van der Waals surface area contributed by atoms with Crippen LogP contribution in [0.3, 0.4) is 0 Å². The predicted molar refractivity (Wildman–Crippen MR) is 78.0 cm³/mol. The van der Waals surface area contributed by atoms with E-state index in [4.69, 9.17) is 11.6 Å². The summed E-state index contributed by atoms with van der Waals surface area (Å²) in [5.41, 5.74) is -0.169. The first kappa shape index (κ1) is 14.9. The average Bonchev–Trinajstić information content (AvgIpc) is 2.58. The molecule has 0 aliphatic carbocycles. The Hall–Kier alpha value is -0.190. The second-order valence-electron chi connectivity index (χ2n) is 4.90. The van der Waals surface area contributed by atoms with Crippen molar-refractivity contribution in [3.8, 4) is 0 Å². The fraction of sp³-hybridized carbons (Fsp3) is 0.583. The van der Waals surface area contributed by atoms with Crippen LogP contribution in [0.25, 0.3) is 0 Å². The number of hydrogen-bond donors (Lipinski definition) is 1. The normalized spacial score (nSPS) is 13.5. The van der Waals surface area contributed by atoms with Crippen molar-refractivity contribution >= 4 is 40.6 Å². The molecule has 0 aliphatic heterocycles. The molecule has 5 heteroatoms. The van der Waals surface area contributed by atoms with E-state index in [1.54, 1.807) is 23.1 Å². The number of nitrogens with one attached hydrogen (secondary N) is 1. The molecule has 1 rings (SSSR count). The zero-order valence-electron chi connectivity index (χ0n) is 10.5. The lowest BCUT2D eigenvalue weighted by molar-refractivity contribution is -0.121. The number of thioether (sulfide) groups is 1. The summed E-state index contributed by atoms with van der Waals surface area (Å²) < 4.78 is 0.799. The van der Waals surface area contributed by atoms with Crippen LogP contribution in [0.15, 0.2) is 12.1 Å². The minimum absolute atomic E-state index is 0.0462. The second-order valence-corrected chi connectivity index (χ2v) is 8.03. The van der Waals surface area contributed by atoms with Crippen LogP contribution in [-0.4, -0.2) is 16.7 Å². The van der Waals surface area contributed by atoms with Gasteiger partial charge in [-0.05, 0) is 39.8 Å². The van der Waals surface area contributed by atoms with Gasteiger partial charge in [0.15, 0.2) is 0 Å². The van der Waals surface area contributed by atoms with Crippen molar-refractivity contribution in [2.24, 2.45) is 0 Å². The Balaban J connectivity index is 2.39. The van der Waals surface area contributed by atoms with E-state index in [0.717, 1.165) is 10.1 Å². The molecule has 0 saturated carbocycles. The maximum absolute atomic E-state index is 11.8. The minimum Gasteiger partial charge on any atom is -0.351 e. The van der Waals surface area contributed by atoms with E-state index in [-0.39, 0.29) is 16.7 Å². The highest BCUT2D eigenvalue weighted by Crippen LogP contribution is 2.27. The van der Waals surface area contributed by atoms with E-state index in [0.29, 0.717) is 0 Å². The Kier molecular flexibility index (Phi) is 5.35. The molecule has 2 nitrogen and oxygen atoms in total. The highest BCUT2D eigenvalue weighted by molar-refractivity contribution is 7.99. The number of rotatable bonds is 4. The summed E-state index contributed by atoms with van der Waals surface area (Å²) >= 11 is 9.05. The molecule has 0 fully saturated rings. The first-order chi connectivity index (χ1) is 7.78. The van der Waals surface area contributed by atoms with Crippen molar-refractivity contribution in [1.29, 1.82) is 0 Å². The van der Waals surface area contributed by atoms with Crippen LogP contribution in [0.5, 0.6) is 0 Å². The summed E-state index contributed by atoms with van der Waals surface area (Å²) in [6, 6.07) is 3.90. The van der Waals surface area contributed by atoms with Crippen molar-refractivity contribution in [2.75, 3.05) is 0 Å². The second kappa shape index (κ2) is 6.12. The van der Waals surface area contributed by atoms with Crippen LogP contribution < -0.4 is 5.32 Å². The van der Waals surface area contributed by atoms with E-state index in [1.165, 1.54) is 4.88 Å². The summed E-state index contributed by atoms with van der Waals surface area (Å²) in [6.45, 7) is 7.89. The smallest absolute Gasteiger partial charge is 0.233 e. The van der Waals surface area contributed by atoms with Gasteiger partial charge in [0.25, 0.3) is 0 Å². The molecular weight excluding hydrogens is 274 g/mol. The molecule has 1 heterocycles. The zero-order chi connectivity index (χ0) is 13.1. The zero-order valence-corrected chi connectivity index (χ0v) is 12.9. The number of carbonyl (C=O) groups is 1. The maximum atomic E-state index is 11.8. The van der Waals surface area contributed by atoms with E-state index >= 15 is 0 Å². The van der Waals surface area contributed by atoms with E-state index in [1.807, 2.05) is 39.8 Å². The Morgan fingerprint density at radius 3 is 2.65 bits per heavy atom. The lowest BCUT2D eigenvalue weighted by Gasteiger charge is -2.22. The minimum atomic E-state index is -0.169. The largest absolute Gasteiger partial charge is 0.351 e. The molecule has 0 spiro atoms. The van der Waals surface area contributed by atoms with Gasteiger partial charge in [-0.25, -0.2) is 0 Å². The Morgan fingerprint density at radius 1 is 1.53 bits per heavy atom. The van der Waals surface area contributed by atoms with Crippen molar-refractivity contribution in [1.82, 2.24) is 5.32 Å². The first-order valence-corrected chi connectivity index (χ1v) is 7.70. The van der Waals surface area contributed by atoms with Gasteiger partial charge in [-0.3, -0.25) is 4.79 Å². The SMILES string of the molecule is CC(SCc1ccc(Cl)s1)C(=O)NC(C)(C)C. The number of amides is 1. The van der Waals surface area contributed by atoms with Gasteiger partial charge >= 0.3 is 0 Å². The molecule has 0 aromatic carbocycles. The van der Waals surface area contributed by atoms with E-state index in [2.05, 4.69) is 5.32 Å². The summed E-state index contributed by atoms with van der Waals surface area (Å²) in [6.07, 6.45) is 0. The van der Waals surface area contributed by atoms with Gasteiger partial charge in [0.2, 0.25) is 5.91 Å².